The highest BCUT2D eigenvalue weighted by Gasteiger charge is 2.34. The van der Waals surface area contributed by atoms with E-state index in [9.17, 15) is 22.8 Å². The first-order chi connectivity index (χ1) is 13.3. The van der Waals surface area contributed by atoms with Crippen molar-refractivity contribution >= 4 is 23.2 Å². The number of benzene rings is 2. The van der Waals surface area contributed by atoms with Crippen LogP contribution in [0.25, 0.3) is 0 Å². The third-order valence-electron chi connectivity index (χ3n) is 4.11. The third-order valence-corrected chi connectivity index (χ3v) is 4.11. The predicted octanol–water partition coefficient (Wildman–Crippen LogP) is 2.66. The molecule has 1 aliphatic rings. The van der Waals surface area contributed by atoms with E-state index in [1.165, 1.54) is 18.2 Å². The lowest BCUT2D eigenvalue weighted by atomic mass is 10.2. The molecule has 2 aromatic carbocycles. The maximum Gasteiger partial charge on any atom is 0.419 e. The highest BCUT2D eigenvalue weighted by molar-refractivity contribution is 5.92. The third kappa shape index (κ3) is 4.93. The fourth-order valence-corrected chi connectivity index (χ4v) is 2.78. The Kier molecular flexibility index (Phi) is 5.72. The largest absolute Gasteiger partial charge is 0.483 e. The average Bonchev–Trinajstić information content (AvgIpc) is 2.66. The average molecular weight is 393 g/mol. The highest BCUT2D eigenvalue weighted by atomic mass is 19.4. The normalized spacial score (nSPS) is 14.4. The highest BCUT2D eigenvalue weighted by Crippen LogP contribution is 2.35. The van der Waals surface area contributed by atoms with Gasteiger partial charge in [-0.05, 0) is 36.4 Å². The summed E-state index contributed by atoms with van der Waals surface area (Å²) in [6.07, 6.45) is -4.56. The van der Waals surface area contributed by atoms with E-state index in [2.05, 4.69) is 10.6 Å². The Bertz CT molecular complexity index is 853. The lowest BCUT2D eigenvalue weighted by Crippen LogP contribution is -2.47. The number of hydrogen-bond acceptors (Lipinski definition) is 4. The van der Waals surface area contributed by atoms with Crippen LogP contribution in [0.3, 0.4) is 0 Å². The first kappa shape index (κ1) is 19.5. The summed E-state index contributed by atoms with van der Waals surface area (Å²) >= 11 is 0. The number of para-hydroxylation sites is 1. The van der Waals surface area contributed by atoms with Gasteiger partial charge >= 0.3 is 6.18 Å². The molecular weight excluding hydrogens is 375 g/mol. The maximum atomic E-state index is 12.9. The van der Waals surface area contributed by atoms with Crippen LogP contribution in [0.5, 0.6) is 5.75 Å². The summed E-state index contributed by atoms with van der Waals surface area (Å²) < 4.78 is 43.8. The molecule has 0 spiro atoms. The Morgan fingerprint density at radius 3 is 2.54 bits per heavy atom. The van der Waals surface area contributed by atoms with E-state index in [4.69, 9.17) is 4.74 Å². The van der Waals surface area contributed by atoms with Crippen molar-refractivity contribution in [2.24, 2.45) is 0 Å². The zero-order chi connectivity index (χ0) is 20.1. The zero-order valence-corrected chi connectivity index (χ0v) is 14.8. The van der Waals surface area contributed by atoms with Gasteiger partial charge in [0.1, 0.15) is 5.75 Å². The minimum atomic E-state index is -4.56. The molecule has 0 bridgehead atoms. The molecule has 0 saturated carbocycles. The van der Waals surface area contributed by atoms with E-state index in [0.29, 0.717) is 18.8 Å². The number of nitrogens with one attached hydrogen (secondary N) is 2. The summed E-state index contributed by atoms with van der Waals surface area (Å²) in [7, 11) is 0. The van der Waals surface area contributed by atoms with Gasteiger partial charge in [-0.15, -0.1) is 0 Å². The number of ether oxygens (including phenoxy) is 1. The second-order valence-corrected chi connectivity index (χ2v) is 6.15. The van der Waals surface area contributed by atoms with Gasteiger partial charge in [0.25, 0.3) is 5.91 Å². The van der Waals surface area contributed by atoms with Crippen LogP contribution < -0.4 is 20.3 Å². The Labute approximate surface area is 159 Å². The molecule has 2 N–H and O–H groups in total. The van der Waals surface area contributed by atoms with Gasteiger partial charge in [-0.1, -0.05) is 12.1 Å². The second kappa shape index (κ2) is 8.20. The summed E-state index contributed by atoms with van der Waals surface area (Å²) in [5, 5.41) is 5.30. The molecule has 1 saturated heterocycles. The van der Waals surface area contributed by atoms with E-state index < -0.39 is 30.0 Å². The number of carbonyl (C=O) groups is 2. The monoisotopic (exact) mass is 393 g/mol. The molecule has 3 rings (SSSR count). The van der Waals surface area contributed by atoms with Gasteiger partial charge in [-0.3, -0.25) is 9.59 Å². The van der Waals surface area contributed by atoms with Crippen molar-refractivity contribution in [1.29, 1.82) is 0 Å². The molecule has 1 heterocycles. The molecule has 0 radical (unpaired) electrons. The van der Waals surface area contributed by atoms with Crippen LogP contribution >= 0.6 is 0 Å². The Morgan fingerprint density at radius 1 is 1.14 bits per heavy atom. The number of nitrogens with zero attached hydrogens (tertiary/aromatic N) is 1. The van der Waals surface area contributed by atoms with Crippen molar-refractivity contribution < 1.29 is 27.5 Å². The summed E-state index contributed by atoms with van der Waals surface area (Å²) in [5.41, 5.74) is 0.379. The predicted molar refractivity (Wildman–Crippen MR) is 97.2 cm³/mol. The molecule has 9 heteroatoms. The smallest absolute Gasteiger partial charge is 0.419 e. The van der Waals surface area contributed by atoms with Crippen molar-refractivity contribution in [3.05, 3.63) is 54.1 Å². The molecule has 1 aliphatic heterocycles. The van der Waals surface area contributed by atoms with Gasteiger partial charge < -0.3 is 20.3 Å². The van der Waals surface area contributed by atoms with Gasteiger partial charge in [-0.2, -0.15) is 13.2 Å². The van der Waals surface area contributed by atoms with Crippen molar-refractivity contribution in [2.75, 3.05) is 36.5 Å². The first-order valence-corrected chi connectivity index (χ1v) is 8.53. The Morgan fingerprint density at radius 2 is 1.86 bits per heavy atom. The van der Waals surface area contributed by atoms with Gasteiger partial charge in [0, 0.05) is 24.5 Å². The number of anilines is 2. The molecular formula is C19H18F3N3O3. The minimum absolute atomic E-state index is 0.0556. The topological polar surface area (TPSA) is 70.7 Å². The number of amides is 2. The quantitative estimate of drug-likeness (QED) is 0.820. The molecule has 0 atom stereocenters. The zero-order valence-electron chi connectivity index (χ0n) is 14.8. The molecule has 148 valence electrons. The summed E-state index contributed by atoms with van der Waals surface area (Å²) in [5.74, 6) is -1.04. The molecule has 1 fully saturated rings. The van der Waals surface area contributed by atoms with E-state index in [1.807, 2.05) is 4.90 Å². The van der Waals surface area contributed by atoms with Crippen molar-refractivity contribution in [2.45, 2.75) is 6.18 Å². The second-order valence-electron chi connectivity index (χ2n) is 6.15. The maximum absolute atomic E-state index is 12.9. The van der Waals surface area contributed by atoms with Gasteiger partial charge in [0.05, 0.1) is 12.1 Å². The van der Waals surface area contributed by atoms with Gasteiger partial charge in [0.2, 0.25) is 5.91 Å². The standard InChI is InChI=1S/C19H18F3N3O3/c20-19(21,22)15-3-1-2-4-16(15)28-12-18(27)24-13-5-7-14(8-6-13)25-10-9-23-17(26)11-25/h1-8H,9-12H2,(H,23,26)(H,24,27). The van der Waals surface area contributed by atoms with Crippen LogP contribution in [-0.2, 0) is 15.8 Å². The van der Waals surface area contributed by atoms with E-state index in [-0.39, 0.29) is 12.5 Å². The molecule has 2 aromatic rings. The van der Waals surface area contributed by atoms with Crippen molar-refractivity contribution in [1.82, 2.24) is 5.32 Å². The first-order valence-electron chi connectivity index (χ1n) is 8.53. The summed E-state index contributed by atoms with van der Waals surface area (Å²) in [6, 6.07) is 11.5. The van der Waals surface area contributed by atoms with Gasteiger partial charge in [0.15, 0.2) is 6.61 Å². The number of hydrogen-bond donors (Lipinski definition) is 2. The number of halogens is 3. The number of alkyl halides is 3. The Hall–Kier alpha value is -3.23. The lowest BCUT2D eigenvalue weighted by Gasteiger charge is -2.28. The fourth-order valence-electron chi connectivity index (χ4n) is 2.78. The number of piperazine rings is 1. The molecule has 2 amide bonds. The molecule has 0 aromatic heterocycles. The van der Waals surface area contributed by atoms with Crippen LogP contribution in [0.15, 0.2) is 48.5 Å². The molecule has 28 heavy (non-hydrogen) atoms. The van der Waals surface area contributed by atoms with Crippen LogP contribution in [-0.4, -0.2) is 38.1 Å². The van der Waals surface area contributed by atoms with Crippen LogP contribution in [0.4, 0.5) is 24.5 Å². The molecule has 6 nitrogen and oxygen atoms in total. The van der Waals surface area contributed by atoms with E-state index in [1.54, 1.807) is 24.3 Å². The molecule has 0 unspecified atom stereocenters. The summed E-state index contributed by atoms with van der Waals surface area (Å²) in [6.45, 7) is 0.956. The summed E-state index contributed by atoms with van der Waals surface area (Å²) in [4.78, 5) is 25.3. The SMILES string of the molecule is O=C1CN(c2ccc(NC(=O)COc3ccccc3C(F)(F)F)cc2)CCN1. The van der Waals surface area contributed by atoms with E-state index in [0.717, 1.165) is 11.8 Å². The molecule has 0 aliphatic carbocycles. The lowest BCUT2D eigenvalue weighted by molar-refractivity contribution is -0.139. The van der Waals surface area contributed by atoms with Gasteiger partial charge in [-0.25, -0.2) is 0 Å². The van der Waals surface area contributed by atoms with Crippen LogP contribution in [0, 0.1) is 0 Å². The number of rotatable bonds is 5. The van der Waals surface area contributed by atoms with Crippen LogP contribution in [0.1, 0.15) is 5.56 Å². The van der Waals surface area contributed by atoms with Crippen LogP contribution in [0.2, 0.25) is 0 Å². The fraction of sp³-hybridized carbons (Fsp3) is 0.263. The Balaban J connectivity index is 1.56. The van der Waals surface area contributed by atoms with E-state index >= 15 is 0 Å². The van der Waals surface area contributed by atoms with Crippen molar-refractivity contribution in [3.63, 3.8) is 0 Å². The van der Waals surface area contributed by atoms with Crippen molar-refractivity contribution in [3.8, 4) is 5.75 Å². The minimum Gasteiger partial charge on any atom is -0.483 e. The number of carbonyl (C=O) groups excluding carboxylic acids is 2.